The second kappa shape index (κ2) is 17.1. The van der Waals surface area contributed by atoms with Crippen molar-refractivity contribution in [1.82, 2.24) is 14.8 Å². The molecule has 1 heterocycles. The maximum atomic E-state index is 12.8. The normalized spacial score (nSPS) is 14.4. The molecule has 0 saturated carbocycles. The standard InChI is InChI=1S/C26H48BrN4O7PS/c1-25(2,20-26(3,27)24(33)38-21-31(4,5)16-14-18-40(34,35)36)23(32)37-17-13-11-9-7-8-10-12-15-22-19-30(39-6)29-28-22/h19,39H,7-18,20-21H2,1-6H3/p+1. The van der Waals surface area contributed by atoms with Gasteiger partial charge in [0.05, 0.1) is 50.3 Å². The number of aromatic nitrogens is 3. The number of alkyl halides is 1. The lowest BCUT2D eigenvalue weighted by molar-refractivity contribution is -0.907. The molecule has 11 nitrogen and oxygen atoms in total. The smallest absolute Gasteiger partial charge is 0.326 e. The molecule has 0 fully saturated rings. The summed E-state index contributed by atoms with van der Waals surface area (Å²) in [6, 6.07) is 0. The van der Waals surface area contributed by atoms with Crippen molar-refractivity contribution in [3.63, 3.8) is 0 Å². The Kier molecular flexibility index (Phi) is 15.8. The van der Waals surface area contributed by atoms with Crippen molar-refractivity contribution in [1.29, 1.82) is 0 Å². The average molecular weight is 673 g/mol. The van der Waals surface area contributed by atoms with Crippen molar-refractivity contribution in [2.75, 3.05) is 46.4 Å². The number of quaternary nitrogens is 1. The minimum Gasteiger partial charge on any atom is -0.465 e. The van der Waals surface area contributed by atoms with E-state index in [1.807, 2.05) is 10.6 Å². The molecule has 1 aromatic rings. The number of unbranched alkanes of at least 4 members (excludes halogenated alkanes) is 6. The summed E-state index contributed by atoms with van der Waals surface area (Å²) in [5, 5.41) is 8.25. The molecule has 2 atom stereocenters. The number of hydrogen-bond donors (Lipinski definition) is 1. The summed E-state index contributed by atoms with van der Waals surface area (Å²) >= 11 is 3.43. The van der Waals surface area contributed by atoms with Crippen molar-refractivity contribution in [3.8, 4) is 0 Å². The number of hydrogen-bond acceptors (Lipinski definition) is 8. The van der Waals surface area contributed by atoms with Crippen LogP contribution in [0.5, 0.6) is 0 Å². The maximum absolute atomic E-state index is 12.8. The summed E-state index contributed by atoms with van der Waals surface area (Å²) in [4.78, 5) is 25.5. The number of aryl methyl sites for hydroxylation is 1. The molecule has 2 unspecified atom stereocenters. The summed E-state index contributed by atoms with van der Waals surface area (Å²) in [6.07, 6.45) is 10.9. The third-order valence-electron chi connectivity index (χ3n) is 6.54. The third kappa shape index (κ3) is 15.7. The number of carbonyl (C=O) groups is 2. The average Bonchev–Trinajstić information content (AvgIpc) is 3.30. The molecule has 14 heteroatoms. The molecule has 0 radical (unpaired) electrons. The highest BCUT2D eigenvalue weighted by atomic mass is 79.9. The Labute approximate surface area is 250 Å². The van der Waals surface area contributed by atoms with Crippen molar-refractivity contribution < 1.29 is 36.5 Å². The van der Waals surface area contributed by atoms with E-state index in [0.717, 1.165) is 44.2 Å². The van der Waals surface area contributed by atoms with Crippen LogP contribution in [0, 0.1) is 5.41 Å². The van der Waals surface area contributed by atoms with Crippen LogP contribution in [0.15, 0.2) is 6.20 Å². The van der Waals surface area contributed by atoms with E-state index in [4.69, 9.17) is 14.0 Å². The van der Waals surface area contributed by atoms with Gasteiger partial charge in [-0.15, -0.1) is 5.10 Å². The first-order valence-electron chi connectivity index (χ1n) is 13.9. The Morgan fingerprint density at radius 1 is 1.02 bits per heavy atom. The fraction of sp³-hybridized carbons (Fsp3) is 0.846. The molecular formula is C26H49BrN4O7PS+. The van der Waals surface area contributed by atoms with Crippen LogP contribution in [0.1, 0.15) is 84.3 Å². The quantitative estimate of drug-likeness (QED) is 0.0378. The topological polar surface area (TPSA) is 138 Å². The van der Waals surface area contributed by atoms with Crippen LogP contribution >= 0.6 is 24.7 Å². The Balaban J connectivity index is 2.25. The van der Waals surface area contributed by atoms with Crippen LogP contribution in [-0.4, -0.2) is 94.9 Å². The minimum atomic E-state index is -4.03. The van der Waals surface area contributed by atoms with Gasteiger partial charge in [-0.1, -0.05) is 53.2 Å². The SMILES string of the molecule is CPn1cc(CCCCCCCCCOC(=O)C(C)(C)CC(C)(Br)C(=O)OC[N+](C)(C)CCCS(=O)(=O)O)nn1. The largest absolute Gasteiger partial charge is 0.465 e. The molecule has 0 amide bonds. The highest BCUT2D eigenvalue weighted by Gasteiger charge is 2.43. The van der Waals surface area contributed by atoms with E-state index < -0.39 is 25.8 Å². The van der Waals surface area contributed by atoms with E-state index in [2.05, 4.69) is 32.9 Å². The molecule has 0 aliphatic carbocycles. The second-order valence-electron chi connectivity index (χ2n) is 11.9. The lowest BCUT2D eigenvalue weighted by atomic mass is 9.83. The first-order chi connectivity index (χ1) is 18.5. The predicted octanol–water partition coefficient (Wildman–Crippen LogP) is 4.59. The second-order valence-corrected chi connectivity index (χ2v) is 16.1. The highest BCUT2D eigenvalue weighted by Crippen LogP contribution is 2.36. The molecular weight excluding hydrogens is 623 g/mol. The molecule has 40 heavy (non-hydrogen) atoms. The van der Waals surface area contributed by atoms with Gasteiger partial charge in [-0.25, -0.2) is 4.45 Å². The molecule has 0 aliphatic rings. The van der Waals surface area contributed by atoms with Crippen molar-refractivity contribution in [3.05, 3.63) is 11.9 Å². The number of nitrogens with zero attached hydrogens (tertiary/aromatic N) is 4. The van der Waals surface area contributed by atoms with Crippen LogP contribution in [0.25, 0.3) is 0 Å². The van der Waals surface area contributed by atoms with Crippen LogP contribution < -0.4 is 0 Å². The van der Waals surface area contributed by atoms with Crippen LogP contribution in [0.2, 0.25) is 0 Å². The van der Waals surface area contributed by atoms with Crippen molar-refractivity contribution in [2.24, 2.45) is 5.41 Å². The van der Waals surface area contributed by atoms with E-state index in [0.29, 0.717) is 21.9 Å². The molecule has 0 saturated heterocycles. The molecule has 0 aliphatic heterocycles. The summed E-state index contributed by atoms with van der Waals surface area (Å²) in [5.74, 6) is -1.21. The summed E-state index contributed by atoms with van der Waals surface area (Å²) in [5.41, 5.74) is 0.158. The van der Waals surface area contributed by atoms with Gasteiger partial charge in [0.1, 0.15) is 4.32 Å². The van der Waals surface area contributed by atoms with Crippen LogP contribution in [0.4, 0.5) is 0 Å². The van der Waals surface area contributed by atoms with Gasteiger partial charge >= 0.3 is 11.9 Å². The van der Waals surface area contributed by atoms with E-state index in [-0.39, 0.29) is 35.8 Å². The Bertz CT molecular complexity index is 1030. The van der Waals surface area contributed by atoms with E-state index in [1.54, 1.807) is 34.9 Å². The van der Waals surface area contributed by atoms with Gasteiger partial charge in [0.15, 0.2) is 0 Å². The molecule has 0 spiro atoms. The van der Waals surface area contributed by atoms with Crippen LogP contribution in [-0.2, 0) is 35.6 Å². The van der Waals surface area contributed by atoms with Gasteiger partial charge in [0.2, 0.25) is 6.73 Å². The van der Waals surface area contributed by atoms with Gasteiger partial charge in [0, 0.05) is 15.2 Å². The number of halogens is 1. The highest BCUT2D eigenvalue weighted by molar-refractivity contribution is 9.10. The van der Waals surface area contributed by atoms with Crippen LogP contribution in [0.3, 0.4) is 0 Å². The van der Waals surface area contributed by atoms with Gasteiger partial charge in [-0.05, 0) is 53.1 Å². The van der Waals surface area contributed by atoms with Crippen molar-refractivity contribution >= 4 is 46.7 Å². The zero-order chi connectivity index (χ0) is 30.5. The van der Waals surface area contributed by atoms with E-state index in [1.165, 1.54) is 12.8 Å². The molecule has 1 rings (SSSR count). The maximum Gasteiger partial charge on any atom is 0.326 e. The Morgan fingerprint density at radius 2 is 1.62 bits per heavy atom. The lowest BCUT2D eigenvalue weighted by Crippen LogP contribution is -2.46. The summed E-state index contributed by atoms with van der Waals surface area (Å²) < 4.78 is 42.8. The van der Waals surface area contributed by atoms with Gasteiger partial charge in [0.25, 0.3) is 10.1 Å². The van der Waals surface area contributed by atoms with E-state index in [9.17, 15) is 18.0 Å². The number of rotatable bonds is 21. The number of ether oxygens (including phenoxy) is 2. The van der Waals surface area contributed by atoms with Gasteiger partial charge in [-0.2, -0.15) is 8.42 Å². The minimum absolute atomic E-state index is 0.0262. The summed E-state index contributed by atoms with van der Waals surface area (Å²) in [6.45, 7) is 8.02. The monoisotopic (exact) mass is 671 g/mol. The van der Waals surface area contributed by atoms with Gasteiger partial charge < -0.3 is 9.47 Å². The fourth-order valence-electron chi connectivity index (χ4n) is 4.27. The van der Waals surface area contributed by atoms with Gasteiger partial charge in [-0.3, -0.25) is 18.6 Å². The zero-order valence-corrected chi connectivity index (χ0v) is 28.4. The fourth-order valence-corrected chi connectivity index (χ4v) is 5.99. The first kappa shape index (κ1) is 36.9. The molecule has 0 aromatic carbocycles. The molecule has 1 aromatic heterocycles. The third-order valence-corrected chi connectivity index (χ3v) is 8.63. The Hall–Kier alpha value is -1.14. The lowest BCUT2D eigenvalue weighted by Gasteiger charge is -2.33. The number of esters is 2. The Morgan fingerprint density at radius 3 is 2.20 bits per heavy atom. The number of carbonyl (C=O) groups excluding carboxylic acids is 2. The van der Waals surface area contributed by atoms with Crippen molar-refractivity contribution in [2.45, 2.75) is 89.3 Å². The zero-order valence-electron chi connectivity index (χ0n) is 24.9. The molecule has 232 valence electrons. The first-order valence-corrected chi connectivity index (χ1v) is 17.7. The molecule has 1 N–H and O–H groups in total. The molecule has 0 bridgehead atoms. The predicted molar refractivity (Wildman–Crippen MR) is 161 cm³/mol. The summed E-state index contributed by atoms with van der Waals surface area (Å²) in [7, 11) is 0.185. The van der Waals surface area contributed by atoms with E-state index >= 15 is 0 Å².